The minimum absolute atomic E-state index is 0.285. The van der Waals surface area contributed by atoms with Crippen LogP contribution in [-0.2, 0) is 14.3 Å². The molecule has 0 radical (unpaired) electrons. The fraction of sp³-hybridized carbons (Fsp3) is 0.560. The van der Waals surface area contributed by atoms with Gasteiger partial charge in [-0.1, -0.05) is 50.8 Å². The van der Waals surface area contributed by atoms with Crippen molar-refractivity contribution in [1.29, 1.82) is 0 Å². The highest BCUT2D eigenvalue weighted by molar-refractivity contribution is 5.91. The van der Waals surface area contributed by atoms with Gasteiger partial charge in [0.1, 0.15) is 18.2 Å². The lowest BCUT2D eigenvalue weighted by molar-refractivity contribution is -0.140. The summed E-state index contributed by atoms with van der Waals surface area (Å²) in [6.45, 7) is 9.81. The molecule has 32 heavy (non-hydrogen) atoms. The number of nitrogens with zero attached hydrogens (tertiary/aromatic N) is 1. The van der Waals surface area contributed by atoms with Crippen molar-refractivity contribution < 1.29 is 19.1 Å². The number of carbonyl (C=O) groups is 3. The van der Waals surface area contributed by atoms with Crippen molar-refractivity contribution in [2.45, 2.75) is 71.9 Å². The quantitative estimate of drug-likeness (QED) is 0.402. The molecule has 0 aliphatic rings. The lowest BCUT2D eigenvalue weighted by Crippen LogP contribution is -2.48. The van der Waals surface area contributed by atoms with Crippen LogP contribution in [0.2, 0.25) is 0 Å². The Morgan fingerprint density at radius 1 is 1.09 bits per heavy atom. The maximum atomic E-state index is 13.2. The van der Waals surface area contributed by atoms with Crippen LogP contribution < -0.4 is 10.6 Å². The predicted octanol–water partition coefficient (Wildman–Crippen LogP) is 3.78. The minimum Gasteiger partial charge on any atom is -0.444 e. The third-order valence-corrected chi connectivity index (χ3v) is 4.62. The summed E-state index contributed by atoms with van der Waals surface area (Å²) in [7, 11) is 0. The molecule has 0 aliphatic heterocycles. The molecule has 0 aliphatic carbocycles. The first-order valence-corrected chi connectivity index (χ1v) is 11.2. The fourth-order valence-corrected chi connectivity index (χ4v) is 3.20. The highest BCUT2D eigenvalue weighted by Gasteiger charge is 2.32. The van der Waals surface area contributed by atoms with Gasteiger partial charge >= 0.3 is 6.09 Å². The maximum Gasteiger partial charge on any atom is 0.408 e. The van der Waals surface area contributed by atoms with Crippen molar-refractivity contribution in [2.24, 2.45) is 0 Å². The first kappa shape index (κ1) is 27.0. The summed E-state index contributed by atoms with van der Waals surface area (Å²) >= 11 is 0. The van der Waals surface area contributed by atoms with Gasteiger partial charge in [0.25, 0.3) is 0 Å². The van der Waals surface area contributed by atoms with E-state index in [0.29, 0.717) is 30.6 Å². The summed E-state index contributed by atoms with van der Waals surface area (Å²) in [5.41, 5.74) is 0.459. The zero-order chi connectivity index (χ0) is 24.1. The van der Waals surface area contributed by atoms with Gasteiger partial charge < -0.3 is 20.3 Å². The van der Waals surface area contributed by atoms with Crippen molar-refractivity contribution in [3.63, 3.8) is 0 Å². The van der Waals surface area contributed by atoms with Gasteiger partial charge in [-0.25, -0.2) is 4.79 Å². The van der Waals surface area contributed by atoms with Crippen LogP contribution in [0.1, 0.15) is 77.5 Å². The predicted molar refractivity (Wildman–Crippen MR) is 126 cm³/mol. The molecular weight excluding hydrogens is 406 g/mol. The zero-order valence-electron chi connectivity index (χ0n) is 20.0. The van der Waals surface area contributed by atoms with Crippen LogP contribution in [0.5, 0.6) is 0 Å². The molecular formula is C25H37N3O4. The van der Waals surface area contributed by atoms with Gasteiger partial charge in [0.2, 0.25) is 11.8 Å². The second kappa shape index (κ2) is 13.4. The van der Waals surface area contributed by atoms with Gasteiger partial charge in [-0.05, 0) is 45.2 Å². The number of ether oxygens (including phenoxy) is 1. The molecule has 0 heterocycles. The molecule has 0 spiro atoms. The van der Waals surface area contributed by atoms with E-state index in [4.69, 9.17) is 11.2 Å². The molecule has 7 heteroatoms. The van der Waals surface area contributed by atoms with Crippen molar-refractivity contribution in [2.75, 3.05) is 19.6 Å². The Morgan fingerprint density at radius 3 is 2.38 bits per heavy atom. The Hall–Kier alpha value is -3.01. The zero-order valence-corrected chi connectivity index (χ0v) is 20.0. The van der Waals surface area contributed by atoms with E-state index in [1.54, 1.807) is 45.0 Å². The van der Waals surface area contributed by atoms with Crippen LogP contribution in [-0.4, -0.2) is 48.0 Å². The largest absolute Gasteiger partial charge is 0.444 e. The van der Waals surface area contributed by atoms with E-state index in [2.05, 4.69) is 23.5 Å². The van der Waals surface area contributed by atoms with E-state index < -0.39 is 23.6 Å². The van der Waals surface area contributed by atoms with Gasteiger partial charge in [-0.3, -0.25) is 9.59 Å². The van der Waals surface area contributed by atoms with Crippen LogP contribution in [0.15, 0.2) is 24.3 Å². The van der Waals surface area contributed by atoms with Gasteiger partial charge in [0.15, 0.2) is 0 Å². The molecule has 1 aromatic rings. The van der Waals surface area contributed by atoms with Gasteiger partial charge in [0.05, 0.1) is 0 Å². The standard InChI is InChI=1S/C25H37N3O4/c1-7-10-13-16-26-23(30)22(20-15-12-11-14-19(20)9-3)28(17-8-2)21(29)18-27-24(31)32-25(4,5)6/h3,11-12,14-15,22H,7-8,10,13,16-18H2,1-2,4-6H3,(H,26,30)(H,27,31). The summed E-state index contributed by atoms with van der Waals surface area (Å²) < 4.78 is 5.21. The average Bonchev–Trinajstić information content (AvgIpc) is 2.73. The number of alkyl carbamates (subject to hydrolysis) is 1. The van der Waals surface area contributed by atoms with Crippen LogP contribution in [0.25, 0.3) is 0 Å². The molecule has 0 bridgehead atoms. The molecule has 1 rings (SSSR count). The molecule has 1 atom stereocenters. The Bertz CT molecular complexity index is 808. The maximum absolute atomic E-state index is 13.2. The Balaban J connectivity index is 3.15. The first-order chi connectivity index (χ1) is 15.1. The summed E-state index contributed by atoms with van der Waals surface area (Å²) in [6.07, 6.45) is 8.52. The fourth-order valence-electron chi connectivity index (χ4n) is 3.20. The third-order valence-electron chi connectivity index (χ3n) is 4.62. The van der Waals surface area contributed by atoms with Crippen molar-refractivity contribution in [1.82, 2.24) is 15.5 Å². The van der Waals surface area contributed by atoms with Crippen molar-refractivity contribution in [3.8, 4) is 12.3 Å². The van der Waals surface area contributed by atoms with E-state index in [0.717, 1.165) is 19.3 Å². The van der Waals surface area contributed by atoms with Crippen LogP contribution in [0.4, 0.5) is 4.79 Å². The second-order valence-corrected chi connectivity index (χ2v) is 8.57. The molecule has 0 aromatic heterocycles. The van der Waals surface area contributed by atoms with E-state index in [-0.39, 0.29) is 12.5 Å². The number of carbonyl (C=O) groups excluding carboxylic acids is 3. The highest BCUT2D eigenvalue weighted by atomic mass is 16.6. The number of rotatable bonds is 11. The van der Waals surface area contributed by atoms with Crippen molar-refractivity contribution >= 4 is 17.9 Å². The Morgan fingerprint density at radius 2 is 1.78 bits per heavy atom. The molecule has 0 saturated heterocycles. The van der Waals surface area contributed by atoms with Crippen LogP contribution >= 0.6 is 0 Å². The number of terminal acetylenes is 1. The monoisotopic (exact) mass is 443 g/mol. The molecule has 1 aromatic carbocycles. The molecule has 2 N–H and O–H groups in total. The van der Waals surface area contributed by atoms with E-state index in [9.17, 15) is 14.4 Å². The molecule has 0 saturated carbocycles. The molecule has 3 amide bonds. The normalized spacial score (nSPS) is 11.8. The van der Waals surface area contributed by atoms with Crippen LogP contribution in [0.3, 0.4) is 0 Å². The van der Waals surface area contributed by atoms with Crippen LogP contribution in [0, 0.1) is 12.3 Å². The molecule has 0 fully saturated rings. The second-order valence-electron chi connectivity index (χ2n) is 8.57. The number of unbranched alkanes of at least 4 members (excludes halogenated alkanes) is 2. The van der Waals surface area contributed by atoms with Gasteiger partial charge in [-0.2, -0.15) is 0 Å². The number of hydrogen-bond donors (Lipinski definition) is 2. The number of nitrogens with one attached hydrogen (secondary N) is 2. The highest BCUT2D eigenvalue weighted by Crippen LogP contribution is 2.25. The Labute approximate surface area is 192 Å². The van der Waals surface area contributed by atoms with Gasteiger partial charge in [-0.15, -0.1) is 6.42 Å². The molecule has 1 unspecified atom stereocenters. The Kier molecular flexibility index (Phi) is 11.3. The topological polar surface area (TPSA) is 87.7 Å². The number of amides is 3. The molecule has 7 nitrogen and oxygen atoms in total. The number of hydrogen-bond acceptors (Lipinski definition) is 4. The summed E-state index contributed by atoms with van der Waals surface area (Å²) in [5, 5.41) is 5.43. The van der Waals surface area contributed by atoms with Gasteiger partial charge in [0, 0.05) is 18.7 Å². The van der Waals surface area contributed by atoms with Crippen molar-refractivity contribution in [3.05, 3.63) is 35.4 Å². The van der Waals surface area contributed by atoms with E-state index >= 15 is 0 Å². The minimum atomic E-state index is -0.892. The molecule has 176 valence electrons. The lowest BCUT2D eigenvalue weighted by atomic mass is 9.98. The lowest BCUT2D eigenvalue weighted by Gasteiger charge is -2.32. The third kappa shape index (κ3) is 9.01. The summed E-state index contributed by atoms with van der Waals surface area (Å²) in [5.74, 6) is 1.93. The SMILES string of the molecule is C#Cc1ccccc1C(C(=O)NCCCCC)N(CCC)C(=O)CNC(=O)OC(C)(C)C. The first-order valence-electron chi connectivity index (χ1n) is 11.2. The summed E-state index contributed by atoms with van der Waals surface area (Å²) in [6, 6.07) is 6.21. The number of benzene rings is 1. The summed E-state index contributed by atoms with van der Waals surface area (Å²) in [4.78, 5) is 39.8. The van der Waals surface area contributed by atoms with E-state index in [1.165, 1.54) is 4.90 Å². The van der Waals surface area contributed by atoms with E-state index in [1.807, 2.05) is 6.92 Å². The average molecular weight is 444 g/mol. The smallest absolute Gasteiger partial charge is 0.408 e.